The molecule has 2 atom stereocenters. The van der Waals surface area contributed by atoms with Gasteiger partial charge in [-0.3, -0.25) is 9.59 Å². The molecular weight excluding hydrogens is 256 g/mol. The van der Waals surface area contributed by atoms with Gasteiger partial charge in [-0.2, -0.15) is 0 Å². The van der Waals surface area contributed by atoms with Gasteiger partial charge in [0.1, 0.15) is 10.5 Å². The third-order valence-corrected chi connectivity index (χ3v) is 6.00. The Hall–Kier alpha value is -0.0100. The third kappa shape index (κ3) is 3.81. The Morgan fingerprint density at radius 3 is 1.73 bits per heavy atom. The van der Waals surface area contributed by atoms with Crippen LogP contribution in [0.4, 0.5) is 0 Å². The number of methoxy groups -OCH3 is 2. The van der Waals surface area contributed by atoms with Crippen LogP contribution in [0.1, 0.15) is 0 Å². The van der Waals surface area contributed by atoms with E-state index in [1.165, 1.54) is 26.0 Å². The van der Waals surface area contributed by atoms with Gasteiger partial charge in [0, 0.05) is 11.5 Å². The van der Waals surface area contributed by atoms with E-state index in [0.717, 1.165) is 0 Å². The van der Waals surface area contributed by atoms with E-state index in [1.807, 2.05) is 0 Å². The van der Waals surface area contributed by atoms with E-state index in [2.05, 4.69) is 9.47 Å². The molecule has 0 aromatic carbocycles. The molecule has 1 saturated heterocycles. The fourth-order valence-electron chi connectivity index (χ4n) is 1.01. The first kappa shape index (κ1) is 13.1. The summed E-state index contributed by atoms with van der Waals surface area (Å²) < 4.78 is 9.34. The minimum atomic E-state index is -0.279. The van der Waals surface area contributed by atoms with Crippen LogP contribution in [0.3, 0.4) is 0 Å². The normalized spacial score (nSPS) is 26.5. The van der Waals surface area contributed by atoms with Crippen molar-refractivity contribution in [1.82, 2.24) is 0 Å². The van der Waals surface area contributed by atoms with Crippen molar-refractivity contribution in [3.05, 3.63) is 0 Å². The van der Waals surface area contributed by atoms with Gasteiger partial charge in [0.05, 0.1) is 14.2 Å². The maximum atomic E-state index is 11.4. The number of rotatable bonds is 2. The lowest BCUT2D eigenvalue weighted by Gasteiger charge is -2.14. The van der Waals surface area contributed by atoms with Gasteiger partial charge in [0.15, 0.2) is 0 Å². The summed E-state index contributed by atoms with van der Waals surface area (Å²) >= 11 is 1.33. The molecule has 4 nitrogen and oxygen atoms in total. The summed E-state index contributed by atoms with van der Waals surface area (Å²) in [5, 5.41) is -0.557. The maximum Gasteiger partial charge on any atom is 0.319 e. The summed E-state index contributed by atoms with van der Waals surface area (Å²) in [4.78, 5) is 22.7. The van der Waals surface area contributed by atoms with Crippen molar-refractivity contribution >= 4 is 45.3 Å². The standard InChI is InChI=1S/C8H12O4S3/c1-11-7(9)5-3-13-14-4-6(15-5)8(10)12-2/h5-6H,3-4H2,1-2H3/t5-,6-/m1/s1. The molecule has 0 N–H and O–H groups in total. The van der Waals surface area contributed by atoms with Crippen LogP contribution in [0.2, 0.25) is 0 Å². The van der Waals surface area contributed by atoms with Crippen molar-refractivity contribution in [3.8, 4) is 0 Å². The average Bonchev–Trinajstić information content (AvgIpc) is 2.52. The Morgan fingerprint density at radius 1 is 1.00 bits per heavy atom. The average molecular weight is 268 g/mol. The highest BCUT2D eigenvalue weighted by Crippen LogP contribution is 2.36. The second kappa shape index (κ2) is 6.55. The summed E-state index contributed by atoms with van der Waals surface area (Å²) in [6.07, 6.45) is 0. The SMILES string of the molecule is COC(=O)[C@H]1CSSC[C@H](C(=O)OC)S1. The van der Waals surface area contributed by atoms with E-state index in [-0.39, 0.29) is 22.4 Å². The molecule has 0 amide bonds. The number of hydrogen-bond donors (Lipinski definition) is 0. The number of hydrogen-bond acceptors (Lipinski definition) is 7. The number of ether oxygens (including phenoxy) is 2. The molecule has 1 aliphatic heterocycles. The molecule has 0 radical (unpaired) electrons. The topological polar surface area (TPSA) is 52.6 Å². The Bertz CT molecular complexity index is 222. The molecule has 86 valence electrons. The fraction of sp³-hybridized carbons (Fsp3) is 0.750. The molecule has 0 unspecified atom stereocenters. The number of thioether (sulfide) groups is 1. The first-order chi connectivity index (χ1) is 7.19. The predicted octanol–water partition coefficient (Wildman–Crippen LogP) is 1.20. The lowest BCUT2D eigenvalue weighted by atomic mass is 10.5. The van der Waals surface area contributed by atoms with E-state index in [0.29, 0.717) is 11.5 Å². The molecule has 1 heterocycles. The highest BCUT2D eigenvalue weighted by atomic mass is 33.1. The fourth-order valence-corrected chi connectivity index (χ4v) is 5.48. The second-order valence-electron chi connectivity index (χ2n) is 2.73. The first-order valence-electron chi connectivity index (χ1n) is 4.24. The molecule has 1 rings (SSSR count). The van der Waals surface area contributed by atoms with Crippen LogP contribution >= 0.6 is 33.3 Å². The van der Waals surface area contributed by atoms with Gasteiger partial charge in [-0.15, -0.1) is 11.8 Å². The molecule has 0 saturated carbocycles. The zero-order valence-electron chi connectivity index (χ0n) is 8.43. The van der Waals surface area contributed by atoms with E-state index >= 15 is 0 Å². The van der Waals surface area contributed by atoms with Crippen molar-refractivity contribution in [1.29, 1.82) is 0 Å². The van der Waals surface area contributed by atoms with Crippen LogP contribution < -0.4 is 0 Å². The Kier molecular flexibility index (Phi) is 5.70. The van der Waals surface area contributed by atoms with Gasteiger partial charge in [-0.25, -0.2) is 0 Å². The Morgan fingerprint density at radius 2 is 1.40 bits per heavy atom. The summed E-state index contributed by atoms with van der Waals surface area (Å²) in [5.74, 6) is 0.776. The van der Waals surface area contributed by atoms with Gasteiger partial charge >= 0.3 is 11.9 Å². The zero-order chi connectivity index (χ0) is 11.3. The lowest BCUT2D eigenvalue weighted by Crippen LogP contribution is -2.28. The molecule has 1 fully saturated rings. The van der Waals surface area contributed by atoms with Crippen molar-refractivity contribution < 1.29 is 19.1 Å². The third-order valence-electron chi connectivity index (χ3n) is 1.78. The van der Waals surface area contributed by atoms with Crippen molar-refractivity contribution in [2.75, 3.05) is 25.7 Å². The van der Waals surface area contributed by atoms with E-state index in [4.69, 9.17) is 0 Å². The number of carbonyl (C=O) groups excluding carboxylic acids is 2. The van der Waals surface area contributed by atoms with E-state index in [1.54, 1.807) is 21.6 Å². The molecule has 0 bridgehead atoms. The highest BCUT2D eigenvalue weighted by molar-refractivity contribution is 8.77. The minimum Gasteiger partial charge on any atom is -0.468 e. The van der Waals surface area contributed by atoms with E-state index in [9.17, 15) is 9.59 Å². The monoisotopic (exact) mass is 268 g/mol. The predicted molar refractivity (Wildman–Crippen MR) is 64.1 cm³/mol. The molecule has 15 heavy (non-hydrogen) atoms. The van der Waals surface area contributed by atoms with Gasteiger partial charge in [-0.05, 0) is 0 Å². The summed E-state index contributed by atoms with van der Waals surface area (Å²) in [7, 11) is 5.89. The number of esters is 2. The largest absolute Gasteiger partial charge is 0.468 e. The molecule has 0 aromatic rings. The highest BCUT2D eigenvalue weighted by Gasteiger charge is 2.32. The Balaban J connectivity index is 2.60. The van der Waals surface area contributed by atoms with Crippen LogP contribution in [0.15, 0.2) is 0 Å². The summed E-state index contributed by atoms with van der Waals surface area (Å²) in [5.41, 5.74) is 0. The van der Waals surface area contributed by atoms with Crippen molar-refractivity contribution in [2.24, 2.45) is 0 Å². The smallest absolute Gasteiger partial charge is 0.319 e. The van der Waals surface area contributed by atoms with Gasteiger partial charge in [0.25, 0.3) is 0 Å². The van der Waals surface area contributed by atoms with Crippen LogP contribution in [-0.4, -0.2) is 48.2 Å². The first-order valence-corrected chi connectivity index (χ1v) is 7.67. The quantitative estimate of drug-likeness (QED) is 0.551. The molecule has 1 aliphatic rings. The molecule has 0 aliphatic carbocycles. The minimum absolute atomic E-state index is 0.274. The van der Waals surface area contributed by atoms with Crippen LogP contribution in [-0.2, 0) is 19.1 Å². The van der Waals surface area contributed by atoms with E-state index < -0.39 is 0 Å². The van der Waals surface area contributed by atoms with Crippen LogP contribution in [0, 0.1) is 0 Å². The lowest BCUT2D eigenvalue weighted by molar-refractivity contribution is -0.139. The van der Waals surface area contributed by atoms with Crippen molar-refractivity contribution in [3.63, 3.8) is 0 Å². The maximum absolute atomic E-state index is 11.4. The van der Waals surface area contributed by atoms with Crippen LogP contribution in [0.25, 0.3) is 0 Å². The van der Waals surface area contributed by atoms with Crippen LogP contribution in [0.5, 0.6) is 0 Å². The molecule has 0 aromatic heterocycles. The Labute approximate surface area is 101 Å². The molecule has 7 heteroatoms. The summed E-state index contributed by atoms with van der Waals surface area (Å²) in [6, 6.07) is 0. The van der Waals surface area contributed by atoms with Gasteiger partial charge in [0.2, 0.25) is 0 Å². The second-order valence-corrected chi connectivity index (χ2v) is 6.69. The van der Waals surface area contributed by atoms with Gasteiger partial charge < -0.3 is 9.47 Å². The molecule has 0 spiro atoms. The van der Waals surface area contributed by atoms with Crippen molar-refractivity contribution in [2.45, 2.75) is 10.5 Å². The molecular formula is C8H12O4S3. The summed E-state index contributed by atoms with van der Waals surface area (Å²) in [6.45, 7) is 0. The number of carbonyl (C=O) groups is 2. The van der Waals surface area contributed by atoms with Gasteiger partial charge in [-0.1, -0.05) is 21.6 Å². The zero-order valence-corrected chi connectivity index (χ0v) is 10.9.